The number of allylic oxidation sites excluding steroid dienone is 1. The molecule has 2 aromatic heterocycles. The van der Waals surface area contributed by atoms with Gasteiger partial charge in [0.05, 0.1) is 16.8 Å². The molecule has 7 heteroatoms. The normalized spacial score (nSPS) is 18.0. The molecule has 0 saturated carbocycles. The third kappa shape index (κ3) is 3.55. The van der Waals surface area contributed by atoms with Gasteiger partial charge in [-0.05, 0) is 42.7 Å². The van der Waals surface area contributed by atoms with Crippen LogP contribution in [0.3, 0.4) is 0 Å². The van der Waals surface area contributed by atoms with Crippen LogP contribution in [0.1, 0.15) is 18.4 Å². The summed E-state index contributed by atoms with van der Waals surface area (Å²) in [6.45, 7) is 1.26. The van der Waals surface area contributed by atoms with E-state index in [1.807, 2.05) is 35.2 Å². The zero-order valence-corrected chi connectivity index (χ0v) is 15.5. The number of pyridine rings is 1. The minimum Gasteiger partial charge on any atom is -0.404 e. The van der Waals surface area contributed by atoms with Crippen molar-refractivity contribution in [3.05, 3.63) is 48.3 Å². The molecule has 3 aromatic rings. The van der Waals surface area contributed by atoms with Crippen molar-refractivity contribution in [3.63, 3.8) is 0 Å². The highest BCUT2D eigenvalue weighted by Gasteiger charge is 2.20. The summed E-state index contributed by atoms with van der Waals surface area (Å²) in [4.78, 5) is 11.2. The molecule has 27 heavy (non-hydrogen) atoms. The van der Waals surface area contributed by atoms with Gasteiger partial charge < -0.3 is 16.0 Å². The van der Waals surface area contributed by atoms with Gasteiger partial charge in [0, 0.05) is 36.3 Å². The topological polar surface area (TPSA) is 78.9 Å². The highest BCUT2D eigenvalue weighted by atomic mass is 32.1. The summed E-state index contributed by atoms with van der Waals surface area (Å²) < 4.78 is 14.7. The molecule has 4 rings (SSSR count). The van der Waals surface area contributed by atoms with E-state index in [1.54, 1.807) is 17.5 Å². The fraction of sp³-hybridized carbons (Fsp3) is 0.250. The number of nitrogens with one attached hydrogen (secondary N) is 1. The Morgan fingerprint density at radius 2 is 2.22 bits per heavy atom. The Labute approximate surface area is 160 Å². The molecule has 5 nitrogen and oxygen atoms in total. The van der Waals surface area contributed by atoms with Gasteiger partial charge in [-0.2, -0.15) is 0 Å². The maximum Gasteiger partial charge on any atom is 0.128 e. The molecular weight excluding hydrogens is 361 g/mol. The van der Waals surface area contributed by atoms with Crippen molar-refractivity contribution in [1.82, 2.24) is 9.97 Å². The van der Waals surface area contributed by atoms with Crippen LogP contribution in [-0.2, 0) is 0 Å². The van der Waals surface area contributed by atoms with Gasteiger partial charge in [-0.1, -0.05) is 6.07 Å². The molecular formula is C20H20FN5S. The minimum absolute atomic E-state index is 0.417. The molecule has 0 bridgehead atoms. The van der Waals surface area contributed by atoms with Gasteiger partial charge in [-0.15, -0.1) is 11.3 Å². The van der Waals surface area contributed by atoms with E-state index in [2.05, 4.69) is 9.97 Å². The maximum absolute atomic E-state index is 13.6. The first-order chi connectivity index (χ1) is 13.2. The van der Waals surface area contributed by atoms with E-state index in [0.29, 0.717) is 18.5 Å². The minimum atomic E-state index is -0.771. The van der Waals surface area contributed by atoms with Crippen LogP contribution >= 0.6 is 11.3 Å². The summed E-state index contributed by atoms with van der Waals surface area (Å²) in [5.74, 6) is 0.813. The number of thiazole rings is 1. The second kappa shape index (κ2) is 7.44. The smallest absolute Gasteiger partial charge is 0.128 e. The zero-order valence-electron chi connectivity index (χ0n) is 14.7. The Bertz CT molecular complexity index is 995. The lowest BCUT2D eigenvalue weighted by atomic mass is 10.1. The van der Waals surface area contributed by atoms with E-state index in [-0.39, 0.29) is 0 Å². The van der Waals surface area contributed by atoms with Gasteiger partial charge in [-0.25, -0.2) is 14.4 Å². The number of halogens is 1. The summed E-state index contributed by atoms with van der Waals surface area (Å²) >= 11 is 1.58. The second-order valence-corrected chi connectivity index (χ2v) is 7.59. The van der Waals surface area contributed by atoms with E-state index in [1.165, 1.54) is 12.4 Å². The summed E-state index contributed by atoms with van der Waals surface area (Å²) in [7, 11) is 0. The van der Waals surface area contributed by atoms with Gasteiger partial charge in [0.1, 0.15) is 17.0 Å². The van der Waals surface area contributed by atoms with Crippen LogP contribution < -0.4 is 10.6 Å². The molecule has 1 aliphatic heterocycles. The van der Waals surface area contributed by atoms with Crippen molar-refractivity contribution in [1.29, 1.82) is 5.41 Å². The number of alkyl halides is 1. The number of aromatic nitrogens is 2. The van der Waals surface area contributed by atoms with Gasteiger partial charge in [0.25, 0.3) is 0 Å². The predicted octanol–water partition coefficient (Wildman–Crippen LogP) is 4.25. The van der Waals surface area contributed by atoms with Crippen LogP contribution in [0.5, 0.6) is 0 Å². The lowest BCUT2D eigenvalue weighted by Gasteiger charge is -2.29. The fourth-order valence-electron chi connectivity index (χ4n) is 3.29. The number of hydrogen-bond donors (Lipinski definition) is 2. The van der Waals surface area contributed by atoms with Gasteiger partial charge in [0.15, 0.2) is 0 Å². The van der Waals surface area contributed by atoms with Gasteiger partial charge in [0.2, 0.25) is 0 Å². The number of rotatable bonds is 4. The van der Waals surface area contributed by atoms with Crippen molar-refractivity contribution >= 4 is 39.2 Å². The molecule has 0 radical (unpaired) electrons. The molecule has 1 aliphatic rings. The van der Waals surface area contributed by atoms with Crippen LogP contribution in [0.4, 0.5) is 10.2 Å². The Hall–Kier alpha value is -2.80. The Morgan fingerprint density at radius 3 is 2.93 bits per heavy atom. The van der Waals surface area contributed by atoms with Crippen molar-refractivity contribution < 1.29 is 4.39 Å². The van der Waals surface area contributed by atoms with Crippen LogP contribution in [0.25, 0.3) is 26.4 Å². The number of benzene rings is 1. The molecule has 0 aliphatic carbocycles. The first-order valence-electron chi connectivity index (χ1n) is 8.86. The summed E-state index contributed by atoms with van der Waals surface area (Å²) in [6.07, 6.45) is 5.21. The van der Waals surface area contributed by atoms with Gasteiger partial charge >= 0.3 is 0 Å². The molecule has 1 atom stereocenters. The Balaban J connectivity index is 1.61. The van der Waals surface area contributed by atoms with Crippen molar-refractivity contribution in [3.8, 4) is 10.6 Å². The fourth-order valence-corrected chi connectivity index (χ4v) is 4.28. The SMILES string of the molecule is N=C/C(=C\N)c1ccc2nc(-c3ccc(N4CCC[C@H](F)C4)nc3)sc2c1. The van der Waals surface area contributed by atoms with Crippen molar-refractivity contribution in [2.75, 3.05) is 18.0 Å². The summed E-state index contributed by atoms with van der Waals surface area (Å²) in [5, 5.41) is 8.33. The van der Waals surface area contributed by atoms with Crippen molar-refractivity contribution in [2.24, 2.45) is 5.73 Å². The van der Waals surface area contributed by atoms with E-state index in [0.717, 1.165) is 45.1 Å². The third-order valence-corrected chi connectivity index (χ3v) is 5.81. The lowest BCUT2D eigenvalue weighted by Crippen LogP contribution is -2.36. The predicted molar refractivity (Wildman–Crippen MR) is 110 cm³/mol. The quantitative estimate of drug-likeness (QED) is 0.663. The second-order valence-electron chi connectivity index (χ2n) is 6.56. The number of nitrogens with two attached hydrogens (primary N) is 1. The average molecular weight is 381 g/mol. The van der Waals surface area contributed by atoms with Crippen LogP contribution in [0.2, 0.25) is 0 Å². The third-order valence-electron chi connectivity index (χ3n) is 4.74. The van der Waals surface area contributed by atoms with Crippen LogP contribution in [0.15, 0.2) is 42.7 Å². The van der Waals surface area contributed by atoms with E-state index in [4.69, 9.17) is 11.1 Å². The molecule has 1 saturated heterocycles. The Kier molecular flexibility index (Phi) is 4.85. The van der Waals surface area contributed by atoms with Crippen molar-refractivity contribution in [2.45, 2.75) is 19.0 Å². The first-order valence-corrected chi connectivity index (χ1v) is 9.68. The first kappa shape index (κ1) is 17.6. The van der Waals surface area contributed by atoms with Crippen LogP contribution in [-0.4, -0.2) is 35.4 Å². The van der Waals surface area contributed by atoms with Crippen LogP contribution in [0, 0.1) is 5.41 Å². The zero-order chi connectivity index (χ0) is 18.8. The average Bonchev–Trinajstić information content (AvgIpc) is 3.13. The Morgan fingerprint density at radius 1 is 1.33 bits per heavy atom. The van der Waals surface area contributed by atoms with E-state index in [9.17, 15) is 4.39 Å². The van der Waals surface area contributed by atoms with Gasteiger partial charge in [-0.3, -0.25) is 0 Å². The number of piperidine rings is 1. The largest absolute Gasteiger partial charge is 0.404 e. The lowest BCUT2D eigenvalue weighted by molar-refractivity contribution is 0.286. The monoisotopic (exact) mass is 381 g/mol. The highest BCUT2D eigenvalue weighted by molar-refractivity contribution is 7.21. The molecule has 3 heterocycles. The molecule has 138 valence electrons. The van der Waals surface area contributed by atoms with E-state index >= 15 is 0 Å². The molecule has 1 fully saturated rings. The number of hydrogen-bond acceptors (Lipinski definition) is 6. The number of fused-ring (bicyclic) bond motifs is 1. The standard InChI is InChI=1S/C20H20FN5S/c21-16-2-1-7-26(12-16)19-6-4-14(11-24-19)20-25-17-5-3-13(8-18(17)27-20)15(9-22)10-23/h3-6,8-11,16,22H,1-2,7,12,23H2/b15-10+,22-9?/t16-/m0/s1. The summed E-state index contributed by atoms with van der Waals surface area (Å²) in [5.41, 5.74) is 8.99. The highest BCUT2D eigenvalue weighted by Crippen LogP contribution is 2.32. The molecule has 1 aromatic carbocycles. The molecule has 0 amide bonds. The molecule has 0 spiro atoms. The van der Waals surface area contributed by atoms with E-state index < -0.39 is 6.17 Å². The maximum atomic E-state index is 13.6. The number of anilines is 1. The summed E-state index contributed by atoms with van der Waals surface area (Å²) in [6, 6.07) is 9.78. The number of nitrogens with zero attached hydrogens (tertiary/aromatic N) is 3. The molecule has 3 N–H and O–H groups in total. The molecule has 0 unspecified atom stereocenters.